The molecule has 0 aliphatic heterocycles. The van der Waals surface area contributed by atoms with Gasteiger partial charge in [0.2, 0.25) is 0 Å². The normalized spacial score (nSPS) is 10.4. The molecule has 0 unspecified atom stereocenters. The van der Waals surface area contributed by atoms with Crippen molar-refractivity contribution in [2.24, 2.45) is 5.92 Å². The summed E-state index contributed by atoms with van der Waals surface area (Å²) in [6, 6.07) is 7.82. The molecule has 0 saturated heterocycles. The van der Waals surface area contributed by atoms with Crippen LogP contribution in [-0.4, -0.2) is 26.2 Å². The molecule has 1 aromatic rings. The number of carbonyl (C=O) groups is 1. The molecule has 0 spiro atoms. The van der Waals surface area contributed by atoms with E-state index in [2.05, 4.69) is 24.5 Å². The standard InChI is InChI=1S/C16H26N2O2/c1-4-13(5-2)12-18-16(19)17-11-10-14-6-8-15(20-3)9-7-14/h6-9,13H,4-5,10-12H2,1-3H3,(H2,17,18,19). The van der Waals surface area contributed by atoms with Crippen molar-refractivity contribution >= 4 is 6.03 Å². The molecule has 0 saturated carbocycles. The molecule has 0 radical (unpaired) electrons. The van der Waals surface area contributed by atoms with Crippen molar-refractivity contribution in [3.8, 4) is 5.75 Å². The largest absolute Gasteiger partial charge is 0.497 e. The van der Waals surface area contributed by atoms with Crippen LogP contribution in [0, 0.1) is 5.92 Å². The lowest BCUT2D eigenvalue weighted by molar-refractivity contribution is 0.238. The van der Waals surface area contributed by atoms with Gasteiger partial charge < -0.3 is 15.4 Å². The highest BCUT2D eigenvalue weighted by molar-refractivity contribution is 5.73. The van der Waals surface area contributed by atoms with Crippen molar-refractivity contribution < 1.29 is 9.53 Å². The Bertz CT molecular complexity index is 386. The van der Waals surface area contributed by atoms with Crippen molar-refractivity contribution in [2.75, 3.05) is 20.2 Å². The highest BCUT2D eigenvalue weighted by atomic mass is 16.5. The van der Waals surface area contributed by atoms with Crippen LogP contribution in [0.5, 0.6) is 5.75 Å². The summed E-state index contributed by atoms with van der Waals surface area (Å²) < 4.78 is 5.11. The molecule has 112 valence electrons. The van der Waals surface area contributed by atoms with Gasteiger partial charge in [0.15, 0.2) is 0 Å². The molecule has 0 aliphatic carbocycles. The number of urea groups is 1. The van der Waals surface area contributed by atoms with Crippen LogP contribution in [0.25, 0.3) is 0 Å². The van der Waals surface area contributed by atoms with Gasteiger partial charge in [-0.05, 0) is 30.0 Å². The maximum absolute atomic E-state index is 11.6. The number of hydrogen-bond acceptors (Lipinski definition) is 2. The minimum atomic E-state index is -0.0783. The first kappa shape index (κ1) is 16.3. The molecule has 20 heavy (non-hydrogen) atoms. The van der Waals surface area contributed by atoms with Crippen molar-refractivity contribution in [1.82, 2.24) is 10.6 Å². The van der Waals surface area contributed by atoms with Crippen LogP contribution in [0.1, 0.15) is 32.3 Å². The van der Waals surface area contributed by atoms with Crippen LogP contribution in [0.15, 0.2) is 24.3 Å². The number of benzene rings is 1. The van der Waals surface area contributed by atoms with Gasteiger partial charge in [-0.15, -0.1) is 0 Å². The molecule has 0 aliphatic rings. The zero-order valence-corrected chi connectivity index (χ0v) is 12.7. The van der Waals surface area contributed by atoms with Gasteiger partial charge in [-0.25, -0.2) is 4.79 Å². The number of ether oxygens (including phenoxy) is 1. The lowest BCUT2D eigenvalue weighted by atomic mass is 10.0. The minimum absolute atomic E-state index is 0.0783. The van der Waals surface area contributed by atoms with E-state index in [1.165, 1.54) is 5.56 Å². The van der Waals surface area contributed by atoms with Crippen LogP contribution >= 0.6 is 0 Å². The molecule has 2 amide bonds. The van der Waals surface area contributed by atoms with Gasteiger partial charge in [0.25, 0.3) is 0 Å². The van der Waals surface area contributed by atoms with E-state index < -0.39 is 0 Å². The van der Waals surface area contributed by atoms with E-state index in [-0.39, 0.29) is 6.03 Å². The predicted octanol–water partition coefficient (Wildman–Crippen LogP) is 2.97. The highest BCUT2D eigenvalue weighted by Crippen LogP contribution is 2.11. The smallest absolute Gasteiger partial charge is 0.314 e. The summed E-state index contributed by atoms with van der Waals surface area (Å²) in [7, 11) is 1.65. The van der Waals surface area contributed by atoms with Crippen molar-refractivity contribution in [3.63, 3.8) is 0 Å². The average molecular weight is 278 g/mol. The highest BCUT2D eigenvalue weighted by Gasteiger charge is 2.05. The molecule has 1 rings (SSSR count). The Balaban J connectivity index is 2.20. The van der Waals surface area contributed by atoms with Gasteiger partial charge in [-0.1, -0.05) is 38.8 Å². The number of methoxy groups -OCH3 is 1. The van der Waals surface area contributed by atoms with Crippen LogP contribution < -0.4 is 15.4 Å². The van der Waals surface area contributed by atoms with Crippen LogP contribution in [0.3, 0.4) is 0 Å². The molecular formula is C16H26N2O2. The van der Waals surface area contributed by atoms with Gasteiger partial charge in [0, 0.05) is 13.1 Å². The second-order valence-corrected chi connectivity index (χ2v) is 4.92. The van der Waals surface area contributed by atoms with Crippen LogP contribution in [0.4, 0.5) is 4.79 Å². The quantitative estimate of drug-likeness (QED) is 0.768. The van der Waals surface area contributed by atoms with E-state index in [0.29, 0.717) is 12.5 Å². The summed E-state index contributed by atoms with van der Waals surface area (Å²) in [5, 5.41) is 5.80. The molecule has 0 bridgehead atoms. The summed E-state index contributed by atoms with van der Waals surface area (Å²) >= 11 is 0. The van der Waals surface area contributed by atoms with Crippen molar-refractivity contribution in [3.05, 3.63) is 29.8 Å². The zero-order valence-electron chi connectivity index (χ0n) is 12.7. The topological polar surface area (TPSA) is 50.4 Å². The predicted molar refractivity (Wildman–Crippen MR) is 82.2 cm³/mol. The average Bonchev–Trinajstić information content (AvgIpc) is 2.49. The number of rotatable bonds is 8. The van der Waals surface area contributed by atoms with Gasteiger partial charge in [-0.2, -0.15) is 0 Å². The van der Waals surface area contributed by atoms with Gasteiger partial charge >= 0.3 is 6.03 Å². The van der Waals surface area contributed by atoms with E-state index in [1.54, 1.807) is 7.11 Å². The van der Waals surface area contributed by atoms with Crippen LogP contribution in [-0.2, 0) is 6.42 Å². The fourth-order valence-corrected chi connectivity index (χ4v) is 1.99. The SMILES string of the molecule is CCC(CC)CNC(=O)NCCc1ccc(OC)cc1. The number of carbonyl (C=O) groups excluding carboxylic acids is 1. The Morgan fingerprint density at radius 2 is 1.80 bits per heavy atom. The third-order valence-electron chi connectivity index (χ3n) is 3.56. The molecule has 4 heteroatoms. The summed E-state index contributed by atoms with van der Waals surface area (Å²) in [4.78, 5) is 11.6. The molecule has 0 heterocycles. The summed E-state index contributed by atoms with van der Waals surface area (Å²) in [6.45, 7) is 5.69. The zero-order chi connectivity index (χ0) is 14.8. The molecule has 0 fully saturated rings. The second kappa shape index (κ2) is 9.23. The molecule has 2 N–H and O–H groups in total. The Kier molecular flexibility index (Phi) is 7.55. The number of nitrogens with one attached hydrogen (secondary N) is 2. The molecule has 0 atom stereocenters. The number of amides is 2. The fraction of sp³-hybridized carbons (Fsp3) is 0.562. The molecular weight excluding hydrogens is 252 g/mol. The van der Waals surface area contributed by atoms with E-state index >= 15 is 0 Å². The van der Waals surface area contributed by atoms with Gasteiger partial charge in [0.1, 0.15) is 5.75 Å². The minimum Gasteiger partial charge on any atom is -0.497 e. The molecule has 1 aromatic carbocycles. The first-order valence-electron chi connectivity index (χ1n) is 7.34. The van der Waals surface area contributed by atoms with Gasteiger partial charge in [-0.3, -0.25) is 0 Å². The Morgan fingerprint density at radius 1 is 1.15 bits per heavy atom. The summed E-state index contributed by atoms with van der Waals surface area (Å²) in [5.41, 5.74) is 1.19. The molecule has 4 nitrogen and oxygen atoms in total. The van der Waals surface area contributed by atoms with E-state index in [1.807, 2.05) is 24.3 Å². The van der Waals surface area contributed by atoms with E-state index in [4.69, 9.17) is 4.74 Å². The first-order chi connectivity index (χ1) is 9.69. The number of hydrogen-bond donors (Lipinski definition) is 2. The van der Waals surface area contributed by atoms with Gasteiger partial charge in [0.05, 0.1) is 7.11 Å². The monoisotopic (exact) mass is 278 g/mol. The third kappa shape index (κ3) is 5.95. The first-order valence-corrected chi connectivity index (χ1v) is 7.34. The van der Waals surface area contributed by atoms with Crippen molar-refractivity contribution in [2.45, 2.75) is 33.1 Å². The maximum Gasteiger partial charge on any atom is 0.314 e. The second-order valence-electron chi connectivity index (χ2n) is 4.92. The lowest BCUT2D eigenvalue weighted by Crippen LogP contribution is -2.39. The maximum atomic E-state index is 11.6. The van der Waals surface area contributed by atoms with Crippen LogP contribution in [0.2, 0.25) is 0 Å². The van der Waals surface area contributed by atoms with E-state index in [0.717, 1.165) is 31.6 Å². The summed E-state index contributed by atoms with van der Waals surface area (Å²) in [6.07, 6.45) is 3.02. The van der Waals surface area contributed by atoms with Crippen molar-refractivity contribution in [1.29, 1.82) is 0 Å². The molecule has 0 aromatic heterocycles. The summed E-state index contributed by atoms with van der Waals surface area (Å²) in [5.74, 6) is 1.42. The van der Waals surface area contributed by atoms with E-state index in [9.17, 15) is 4.79 Å². The lowest BCUT2D eigenvalue weighted by Gasteiger charge is -2.13. The Hall–Kier alpha value is -1.71. The third-order valence-corrected chi connectivity index (χ3v) is 3.56. The fourth-order valence-electron chi connectivity index (χ4n) is 1.99. The Labute approximate surface area is 121 Å². The Morgan fingerprint density at radius 3 is 2.35 bits per heavy atom.